The second-order valence-corrected chi connectivity index (χ2v) is 7.51. The number of pyridine rings is 1. The number of aromatic nitrogens is 2. The number of anilines is 1. The Labute approximate surface area is 134 Å². The molecule has 0 radical (unpaired) electrons. The fourth-order valence-corrected chi connectivity index (χ4v) is 4.05. The summed E-state index contributed by atoms with van der Waals surface area (Å²) in [5.41, 5.74) is 0.729. The molecule has 3 rings (SSSR count). The topological polar surface area (TPSA) is 72.0 Å². The highest BCUT2D eigenvalue weighted by atomic mass is 35.5. The SMILES string of the molecule is O=S(=O)(Nc1nc2ccccc2s1)c1cnc(Cl)c(Cl)c1. The minimum absolute atomic E-state index is 0.0515. The van der Waals surface area contributed by atoms with Crippen LogP contribution in [0.25, 0.3) is 10.2 Å². The van der Waals surface area contributed by atoms with E-state index in [1.807, 2.05) is 24.3 Å². The van der Waals surface area contributed by atoms with E-state index in [-0.39, 0.29) is 20.2 Å². The normalized spacial score (nSPS) is 11.7. The Balaban J connectivity index is 1.96. The van der Waals surface area contributed by atoms with Gasteiger partial charge in [-0.05, 0) is 18.2 Å². The molecule has 5 nitrogen and oxygen atoms in total. The Hall–Kier alpha value is -1.41. The highest BCUT2D eigenvalue weighted by Crippen LogP contribution is 2.28. The molecule has 21 heavy (non-hydrogen) atoms. The quantitative estimate of drug-likeness (QED) is 0.721. The van der Waals surface area contributed by atoms with Crippen molar-refractivity contribution in [3.05, 3.63) is 46.7 Å². The van der Waals surface area contributed by atoms with Gasteiger partial charge in [-0.1, -0.05) is 46.7 Å². The fraction of sp³-hybridized carbons (Fsp3) is 0. The Morgan fingerprint density at radius 1 is 1.19 bits per heavy atom. The molecule has 1 aromatic carbocycles. The first-order valence-corrected chi connectivity index (χ1v) is 8.71. The van der Waals surface area contributed by atoms with Crippen molar-refractivity contribution in [1.82, 2.24) is 9.97 Å². The van der Waals surface area contributed by atoms with Crippen LogP contribution in [0.2, 0.25) is 10.2 Å². The van der Waals surface area contributed by atoms with Crippen molar-refractivity contribution in [2.45, 2.75) is 4.90 Å². The number of benzene rings is 1. The Morgan fingerprint density at radius 2 is 1.95 bits per heavy atom. The molecule has 1 N–H and O–H groups in total. The van der Waals surface area contributed by atoms with Crippen LogP contribution in [0.3, 0.4) is 0 Å². The standard InChI is InChI=1S/C12H7Cl2N3O2S2/c13-8-5-7(6-15-11(8)14)21(18,19)17-12-16-9-3-1-2-4-10(9)20-12/h1-6H,(H,16,17). The van der Waals surface area contributed by atoms with E-state index < -0.39 is 10.0 Å². The number of rotatable bonds is 3. The molecule has 2 aromatic heterocycles. The largest absolute Gasteiger partial charge is 0.265 e. The van der Waals surface area contributed by atoms with Crippen LogP contribution in [0.4, 0.5) is 5.13 Å². The summed E-state index contributed by atoms with van der Waals surface area (Å²) < 4.78 is 27.8. The summed E-state index contributed by atoms with van der Waals surface area (Å²) in [5, 5.41) is 0.404. The lowest BCUT2D eigenvalue weighted by Crippen LogP contribution is -2.13. The first kappa shape index (κ1) is 14.5. The van der Waals surface area contributed by atoms with E-state index in [0.717, 1.165) is 16.4 Å². The Kier molecular flexibility index (Phi) is 3.75. The second-order valence-electron chi connectivity index (χ2n) is 4.04. The van der Waals surface area contributed by atoms with Crippen molar-refractivity contribution >= 4 is 59.9 Å². The molecule has 0 aliphatic carbocycles. The molecule has 0 fully saturated rings. The minimum Gasteiger partial charge on any atom is -0.255 e. The first-order valence-electron chi connectivity index (χ1n) is 5.65. The predicted octanol–water partition coefficient (Wildman–Crippen LogP) is 3.80. The van der Waals surface area contributed by atoms with Crippen molar-refractivity contribution in [2.75, 3.05) is 4.72 Å². The summed E-state index contributed by atoms with van der Waals surface area (Å²) in [6.07, 6.45) is 1.14. The molecule has 3 aromatic rings. The van der Waals surface area contributed by atoms with Crippen molar-refractivity contribution in [3.63, 3.8) is 0 Å². The maximum Gasteiger partial charge on any atom is 0.265 e. The van der Waals surface area contributed by atoms with Crippen LogP contribution in [0, 0.1) is 0 Å². The third-order valence-electron chi connectivity index (χ3n) is 2.60. The van der Waals surface area contributed by atoms with E-state index in [0.29, 0.717) is 0 Å². The summed E-state index contributed by atoms with van der Waals surface area (Å²) in [6, 6.07) is 8.62. The number of nitrogens with zero attached hydrogens (tertiary/aromatic N) is 2. The zero-order valence-corrected chi connectivity index (χ0v) is 13.4. The summed E-state index contributed by atoms with van der Waals surface area (Å²) in [6.45, 7) is 0. The lowest BCUT2D eigenvalue weighted by molar-refractivity contribution is 0.601. The van der Waals surface area contributed by atoms with E-state index in [4.69, 9.17) is 23.2 Å². The van der Waals surface area contributed by atoms with Gasteiger partial charge >= 0.3 is 0 Å². The van der Waals surface area contributed by atoms with Crippen LogP contribution in [0.5, 0.6) is 0 Å². The average molecular weight is 360 g/mol. The van der Waals surface area contributed by atoms with Gasteiger partial charge in [0.05, 0.1) is 15.2 Å². The average Bonchev–Trinajstić information content (AvgIpc) is 2.82. The van der Waals surface area contributed by atoms with Gasteiger partial charge in [-0.2, -0.15) is 0 Å². The number of hydrogen-bond donors (Lipinski definition) is 1. The lowest BCUT2D eigenvalue weighted by atomic mass is 10.3. The van der Waals surface area contributed by atoms with Gasteiger partial charge in [0.15, 0.2) is 5.13 Å². The van der Waals surface area contributed by atoms with Gasteiger partial charge in [0.25, 0.3) is 10.0 Å². The number of hydrogen-bond acceptors (Lipinski definition) is 5. The van der Waals surface area contributed by atoms with Crippen LogP contribution in [0.1, 0.15) is 0 Å². The van der Waals surface area contributed by atoms with Crippen LogP contribution >= 0.6 is 34.5 Å². The summed E-state index contributed by atoms with van der Waals surface area (Å²) in [4.78, 5) is 7.87. The van der Waals surface area contributed by atoms with Gasteiger partial charge in [-0.25, -0.2) is 18.4 Å². The van der Waals surface area contributed by atoms with Gasteiger partial charge < -0.3 is 0 Å². The van der Waals surface area contributed by atoms with Gasteiger partial charge in [0, 0.05) is 6.20 Å². The molecule has 0 atom stereocenters. The maximum atomic E-state index is 12.3. The molecular weight excluding hydrogens is 353 g/mol. The number of thiazole rings is 1. The van der Waals surface area contributed by atoms with E-state index >= 15 is 0 Å². The van der Waals surface area contributed by atoms with E-state index in [1.54, 1.807) is 0 Å². The van der Waals surface area contributed by atoms with Gasteiger partial charge in [0.1, 0.15) is 10.0 Å². The predicted molar refractivity (Wildman–Crippen MR) is 84.7 cm³/mol. The highest BCUT2D eigenvalue weighted by Gasteiger charge is 2.18. The van der Waals surface area contributed by atoms with Crippen LogP contribution < -0.4 is 4.72 Å². The molecule has 0 bridgehead atoms. The number of halogens is 2. The smallest absolute Gasteiger partial charge is 0.255 e. The number of nitrogens with one attached hydrogen (secondary N) is 1. The van der Waals surface area contributed by atoms with Crippen LogP contribution in [-0.4, -0.2) is 18.4 Å². The lowest BCUT2D eigenvalue weighted by Gasteiger charge is -2.05. The van der Waals surface area contributed by atoms with Crippen LogP contribution in [-0.2, 0) is 10.0 Å². The zero-order valence-electron chi connectivity index (χ0n) is 10.2. The molecule has 2 heterocycles. The zero-order chi connectivity index (χ0) is 15.0. The molecule has 0 unspecified atom stereocenters. The summed E-state index contributed by atoms with van der Waals surface area (Å²) >= 11 is 12.7. The van der Waals surface area contributed by atoms with Crippen molar-refractivity contribution in [1.29, 1.82) is 0 Å². The number of para-hydroxylation sites is 1. The molecular formula is C12H7Cl2N3O2S2. The summed E-state index contributed by atoms with van der Waals surface area (Å²) in [7, 11) is -3.81. The van der Waals surface area contributed by atoms with E-state index in [2.05, 4.69) is 14.7 Å². The Morgan fingerprint density at radius 3 is 2.67 bits per heavy atom. The number of fused-ring (bicyclic) bond motifs is 1. The maximum absolute atomic E-state index is 12.3. The fourth-order valence-electron chi connectivity index (χ4n) is 1.64. The monoisotopic (exact) mass is 359 g/mol. The molecule has 0 aliphatic heterocycles. The Bertz CT molecular complexity index is 892. The molecule has 0 amide bonds. The van der Waals surface area contributed by atoms with Crippen molar-refractivity contribution in [2.24, 2.45) is 0 Å². The van der Waals surface area contributed by atoms with Gasteiger partial charge in [0.2, 0.25) is 0 Å². The molecule has 0 spiro atoms. The molecule has 0 aliphatic rings. The third-order valence-corrected chi connectivity index (χ3v) is 5.67. The van der Waals surface area contributed by atoms with Gasteiger partial charge in [-0.15, -0.1) is 0 Å². The molecule has 0 saturated carbocycles. The van der Waals surface area contributed by atoms with Gasteiger partial charge in [-0.3, -0.25) is 4.72 Å². The molecule has 108 valence electrons. The second kappa shape index (κ2) is 5.42. The highest BCUT2D eigenvalue weighted by molar-refractivity contribution is 7.93. The minimum atomic E-state index is -3.81. The molecule has 0 saturated heterocycles. The van der Waals surface area contributed by atoms with E-state index in [9.17, 15) is 8.42 Å². The first-order chi connectivity index (χ1) is 9.95. The number of sulfonamides is 1. The van der Waals surface area contributed by atoms with Crippen LogP contribution in [0.15, 0.2) is 41.4 Å². The van der Waals surface area contributed by atoms with Crippen molar-refractivity contribution in [3.8, 4) is 0 Å². The van der Waals surface area contributed by atoms with E-state index in [1.165, 1.54) is 17.4 Å². The summed E-state index contributed by atoms with van der Waals surface area (Å²) in [5.74, 6) is 0. The molecule has 9 heteroatoms. The third kappa shape index (κ3) is 2.96. The van der Waals surface area contributed by atoms with Crippen molar-refractivity contribution < 1.29 is 8.42 Å².